The number of halogens is 2. The number of rotatable bonds is 8. The number of nitrogens with zero attached hydrogens (tertiary/aromatic N) is 3. The van der Waals surface area contributed by atoms with E-state index in [9.17, 15) is 4.79 Å². The number of unbranched alkanes of at least 4 members (excludes halogenated alkanes) is 1. The van der Waals surface area contributed by atoms with Gasteiger partial charge in [-0.25, -0.2) is 0 Å². The molecule has 0 aliphatic rings. The molecule has 152 valence electrons. The van der Waals surface area contributed by atoms with Crippen LogP contribution < -0.4 is 5.32 Å². The van der Waals surface area contributed by atoms with Crippen LogP contribution in [0, 0.1) is 6.92 Å². The van der Waals surface area contributed by atoms with Gasteiger partial charge < -0.3 is 5.32 Å². The predicted octanol–water partition coefficient (Wildman–Crippen LogP) is 5.70. The molecular weight excluding hydrogens is 427 g/mol. The van der Waals surface area contributed by atoms with Crippen LogP contribution in [0.5, 0.6) is 0 Å². The minimum absolute atomic E-state index is 0.229. The van der Waals surface area contributed by atoms with Crippen molar-refractivity contribution < 1.29 is 4.79 Å². The molecule has 0 aliphatic heterocycles. The third-order valence-electron chi connectivity index (χ3n) is 4.27. The van der Waals surface area contributed by atoms with E-state index in [1.54, 1.807) is 30.0 Å². The number of hydrogen-bond donors (Lipinski definition) is 1. The molecule has 1 aromatic heterocycles. The lowest BCUT2D eigenvalue weighted by Gasteiger charge is -2.12. The fourth-order valence-corrected chi connectivity index (χ4v) is 4.32. The normalized spacial score (nSPS) is 10.9. The van der Waals surface area contributed by atoms with E-state index in [1.807, 2.05) is 29.7 Å². The molecule has 0 aliphatic carbocycles. The average molecular weight is 449 g/mol. The summed E-state index contributed by atoms with van der Waals surface area (Å²) in [5, 5.41) is 13.2. The largest absolute Gasteiger partial charge is 0.345 e. The fraction of sp³-hybridized carbons (Fsp3) is 0.286. The number of aromatic nitrogens is 3. The summed E-state index contributed by atoms with van der Waals surface area (Å²) in [6, 6.07) is 12.9. The highest BCUT2D eigenvalue weighted by Crippen LogP contribution is 2.24. The Morgan fingerprint density at radius 1 is 1.17 bits per heavy atom. The van der Waals surface area contributed by atoms with Crippen LogP contribution in [-0.2, 0) is 6.54 Å². The van der Waals surface area contributed by atoms with Gasteiger partial charge in [0.1, 0.15) is 0 Å². The van der Waals surface area contributed by atoms with Crippen LogP contribution in [0.3, 0.4) is 0 Å². The Balaban J connectivity index is 1.83. The van der Waals surface area contributed by atoms with Crippen molar-refractivity contribution in [3.8, 4) is 5.69 Å². The van der Waals surface area contributed by atoms with Gasteiger partial charge in [0.2, 0.25) is 0 Å². The molecule has 1 N–H and O–H groups in total. The summed E-state index contributed by atoms with van der Waals surface area (Å²) >= 11 is 13.7. The second-order valence-corrected chi connectivity index (χ2v) is 8.49. The van der Waals surface area contributed by atoms with Gasteiger partial charge in [-0.15, -0.1) is 10.2 Å². The van der Waals surface area contributed by atoms with Crippen molar-refractivity contribution in [2.75, 3.05) is 5.75 Å². The smallest absolute Gasteiger partial charge is 0.253 e. The van der Waals surface area contributed by atoms with Gasteiger partial charge in [-0.3, -0.25) is 9.36 Å². The maximum atomic E-state index is 12.6. The van der Waals surface area contributed by atoms with Crippen LogP contribution >= 0.6 is 35.0 Å². The number of aryl methyl sites for hydroxylation is 1. The number of nitrogens with one attached hydrogen (secondary N) is 1. The predicted molar refractivity (Wildman–Crippen MR) is 119 cm³/mol. The lowest BCUT2D eigenvalue weighted by atomic mass is 10.2. The van der Waals surface area contributed by atoms with Gasteiger partial charge in [0.25, 0.3) is 5.91 Å². The van der Waals surface area contributed by atoms with Crippen LogP contribution in [0.2, 0.25) is 10.0 Å². The highest BCUT2D eigenvalue weighted by Gasteiger charge is 2.17. The molecule has 8 heteroatoms. The molecule has 0 atom stereocenters. The van der Waals surface area contributed by atoms with Crippen molar-refractivity contribution in [3.63, 3.8) is 0 Å². The highest BCUT2D eigenvalue weighted by molar-refractivity contribution is 7.99. The first-order valence-electron chi connectivity index (χ1n) is 9.37. The maximum absolute atomic E-state index is 12.6. The number of carbonyl (C=O) groups is 1. The Kier molecular flexibility index (Phi) is 7.58. The van der Waals surface area contributed by atoms with Gasteiger partial charge in [0.15, 0.2) is 11.0 Å². The second kappa shape index (κ2) is 10.1. The molecule has 0 saturated carbocycles. The zero-order valence-corrected chi connectivity index (χ0v) is 18.6. The molecule has 2 aromatic carbocycles. The average Bonchev–Trinajstić information content (AvgIpc) is 3.09. The van der Waals surface area contributed by atoms with Crippen molar-refractivity contribution in [1.29, 1.82) is 0 Å². The molecule has 0 radical (unpaired) electrons. The molecule has 29 heavy (non-hydrogen) atoms. The summed E-state index contributed by atoms with van der Waals surface area (Å²) in [7, 11) is 0. The number of thioether (sulfide) groups is 1. The molecule has 0 spiro atoms. The van der Waals surface area contributed by atoms with Gasteiger partial charge in [-0.1, -0.05) is 60.4 Å². The molecular formula is C21H22Cl2N4OS. The molecule has 0 saturated heterocycles. The highest BCUT2D eigenvalue weighted by atomic mass is 35.5. The van der Waals surface area contributed by atoms with Crippen molar-refractivity contribution in [2.45, 2.75) is 38.4 Å². The molecule has 1 amide bonds. The summed E-state index contributed by atoms with van der Waals surface area (Å²) in [5.74, 6) is 1.34. The molecule has 0 fully saturated rings. The van der Waals surface area contributed by atoms with Crippen LogP contribution in [0.25, 0.3) is 5.69 Å². The molecule has 3 aromatic rings. The van der Waals surface area contributed by atoms with Gasteiger partial charge >= 0.3 is 0 Å². The quantitative estimate of drug-likeness (QED) is 0.354. The van der Waals surface area contributed by atoms with E-state index < -0.39 is 0 Å². The van der Waals surface area contributed by atoms with E-state index in [-0.39, 0.29) is 12.5 Å². The maximum Gasteiger partial charge on any atom is 0.253 e. The third-order valence-corrected chi connectivity index (χ3v) is 5.84. The topological polar surface area (TPSA) is 59.8 Å². The zero-order chi connectivity index (χ0) is 20.8. The van der Waals surface area contributed by atoms with Gasteiger partial charge in [-0.05, 0) is 49.2 Å². The fourth-order valence-electron chi connectivity index (χ4n) is 2.77. The van der Waals surface area contributed by atoms with E-state index in [1.165, 1.54) is 0 Å². The third kappa shape index (κ3) is 5.53. The lowest BCUT2D eigenvalue weighted by molar-refractivity contribution is 0.0950. The van der Waals surface area contributed by atoms with E-state index >= 15 is 0 Å². The molecule has 5 nitrogen and oxygen atoms in total. The van der Waals surface area contributed by atoms with E-state index in [4.69, 9.17) is 23.2 Å². The Morgan fingerprint density at radius 3 is 2.72 bits per heavy atom. The number of amides is 1. The molecule has 0 unspecified atom stereocenters. The first kappa shape index (κ1) is 21.7. The Labute approximate surface area is 184 Å². The summed E-state index contributed by atoms with van der Waals surface area (Å²) in [5.41, 5.74) is 2.49. The van der Waals surface area contributed by atoms with Crippen molar-refractivity contribution in [2.24, 2.45) is 0 Å². The zero-order valence-electron chi connectivity index (χ0n) is 16.3. The number of benzene rings is 2. The number of hydrogen-bond acceptors (Lipinski definition) is 4. The number of carbonyl (C=O) groups excluding carboxylic acids is 1. The van der Waals surface area contributed by atoms with Gasteiger partial charge in [0.05, 0.1) is 17.1 Å². The van der Waals surface area contributed by atoms with E-state index in [0.29, 0.717) is 21.4 Å². The van der Waals surface area contributed by atoms with Crippen LogP contribution in [-0.4, -0.2) is 26.4 Å². The standard InChI is InChI=1S/C21H22Cl2N4OS/c1-3-4-10-29-21-26-25-19(27(21)16-7-5-6-14(2)11-16)13-24-20(28)17-9-8-15(22)12-18(17)23/h5-9,11-12H,3-4,10,13H2,1-2H3,(H,24,28). The first-order chi connectivity index (χ1) is 14.0. The van der Waals surface area contributed by atoms with E-state index in [2.05, 4.69) is 28.5 Å². The monoisotopic (exact) mass is 448 g/mol. The minimum Gasteiger partial charge on any atom is -0.345 e. The lowest BCUT2D eigenvalue weighted by Crippen LogP contribution is -2.25. The second-order valence-electron chi connectivity index (χ2n) is 6.58. The van der Waals surface area contributed by atoms with Gasteiger partial charge in [0, 0.05) is 16.5 Å². The Morgan fingerprint density at radius 2 is 2.00 bits per heavy atom. The van der Waals surface area contributed by atoms with Crippen molar-refractivity contribution in [1.82, 2.24) is 20.1 Å². The summed E-state index contributed by atoms with van der Waals surface area (Å²) < 4.78 is 2.00. The summed E-state index contributed by atoms with van der Waals surface area (Å²) in [6.07, 6.45) is 2.23. The Bertz CT molecular complexity index is 1010. The first-order valence-corrected chi connectivity index (χ1v) is 11.1. The molecule has 1 heterocycles. The van der Waals surface area contributed by atoms with Crippen LogP contribution in [0.1, 0.15) is 41.5 Å². The Hall–Kier alpha value is -2.02. The minimum atomic E-state index is -0.286. The van der Waals surface area contributed by atoms with Crippen molar-refractivity contribution in [3.05, 3.63) is 69.5 Å². The molecule has 3 rings (SSSR count). The molecule has 0 bridgehead atoms. The van der Waals surface area contributed by atoms with Crippen LogP contribution in [0.4, 0.5) is 0 Å². The van der Waals surface area contributed by atoms with Gasteiger partial charge in [-0.2, -0.15) is 0 Å². The van der Waals surface area contributed by atoms with E-state index in [0.717, 1.165) is 35.0 Å². The SMILES string of the molecule is CCCCSc1nnc(CNC(=O)c2ccc(Cl)cc2Cl)n1-c1cccc(C)c1. The summed E-state index contributed by atoms with van der Waals surface area (Å²) in [6.45, 7) is 4.43. The summed E-state index contributed by atoms with van der Waals surface area (Å²) in [4.78, 5) is 12.6. The van der Waals surface area contributed by atoms with Crippen LogP contribution in [0.15, 0.2) is 47.6 Å². The van der Waals surface area contributed by atoms with Crippen molar-refractivity contribution >= 4 is 40.9 Å².